The molecule has 0 aromatic carbocycles. The Kier molecular flexibility index (Phi) is 9.22. The van der Waals surface area contributed by atoms with Crippen LogP contribution in [0.1, 0.15) is 19.8 Å². The fraction of sp³-hybridized carbons (Fsp3) is 0.583. The quantitative estimate of drug-likeness (QED) is 0.529. The number of ether oxygens (including phenoxy) is 2. The Bertz CT molecular complexity index is 1130. The molecule has 2 aromatic rings. The molecule has 0 spiro atoms. The second-order valence-electron chi connectivity index (χ2n) is 9.41. The first kappa shape index (κ1) is 28.1. The Labute approximate surface area is 224 Å². The fourth-order valence-electron chi connectivity index (χ4n) is 4.40. The molecule has 0 radical (unpaired) electrons. The van der Waals surface area contributed by atoms with E-state index < -0.39 is 36.6 Å². The predicted octanol–water partition coefficient (Wildman–Crippen LogP) is 2.34. The smallest absolute Gasteiger partial charge is 0.413 e. The minimum atomic E-state index is -1.28. The summed E-state index contributed by atoms with van der Waals surface area (Å²) in [6.45, 7) is 3.58. The maximum absolute atomic E-state index is 14.9. The molecule has 2 aliphatic rings. The normalized spacial score (nSPS) is 23.6. The lowest BCUT2D eigenvalue weighted by Crippen LogP contribution is -2.55. The second-order valence-corrected chi connectivity index (χ2v) is 9.41. The lowest BCUT2D eigenvalue weighted by Gasteiger charge is -2.39. The van der Waals surface area contributed by atoms with Gasteiger partial charge >= 0.3 is 12.1 Å². The molecule has 2 aliphatic heterocycles. The van der Waals surface area contributed by atoms with E-state index in [4.69, 9.17) is 9.47 Å². The highest BCUT2D eigenvalue weighted by Gasteiger charge is 2.36. The number of alkyl halides is 2. The molecule has 4 atom stereocenters. The molecular formula is C24H33F2N9O4. The highest BCUT2D eigenvalue weighted by Crippen LogP contribution is 2.24. The van der Waals surface area contributed by atoms with Crippen molar-refractivity contribution < 1.29 is 27.8 Å². The molecule has 15 heteroatoms. The van der Waals surface area contributed by atoms with Gasteiger partial charge in [0.05, 0.1) is 25.0 Å². The van der Waals surface area contributed by atoms with Crippen LogP contribution >= 0.6 is 0 Å². The van der Waals surface area contributed by atoms with Crippen LogP contribution in [0, 0.1) is 0 Å². The van der Waals surface area contributed by atoms with Gasteiger partial charge in [-0.15, -0.1) is 0 Å². The Balaban J connectivity index is 1.35. The monoisotopic (exact) mass is 549 g/mol. The number of nitrogens with zero attached hydrogens (tertiary/aromatic N) is 7. The number of urea groups is 1. The van der Waals surface area contributed by atoms with E-state index in [1.165, 1.54) is 36.6 Å². The number of likely N-dealkylation sites (tertiary alicyclic amines) is 1. The molecule has 2 aromatic heterocycles. The molecule has 39 heavy (non-hydrogen) atoms. The van der Waals surface area contributed by atoms with Gasteiger partial charge in [0.2, 0.25) is 11.8 Å². The van der Waals surface area contributed by atoms with Gasteiger partial charge in [0, 0.05) is 39.4 Å². The van der Waals surface area contributed by atoms with Crippen molar-refractivity contribution in [3.05, 3.63) is 24.7 Å². The number of nitrogens with one attached hydrogen (secondary N) is 2. The van der Waals surface area contributed by atoms with Crippen molar-refractivity contribution in [1.29, 1.82) is 0 Å². The number of amides is 3. The largest absolute Gasteiger partial charge is 0.477 e. The molecule has 13 nitrogen and oxygen atoms in total. The molecule has 4 rings (SSSR count). The Morgan fingerprint density at radius 3 is 2.62 bits per heavy atom. The van der Waals surface area contributed by atoms with E-state index in [2.05, 4.69) is 30.6 Å². The van der Waals surface area contributed by atoms with Crippen LogP contribution in [0.3, 0.4) is 0 Å². The zero-order valence-corrected chi connectivity index (χ0v) is 22.1. The van der Waals surface area contributed by atoms with Crippen molar-refractivity contribution in [1.82, 2.24) is 29.7 Å². The average Bonchev–Trinajstić information content (AvgIpc) is 2.92. The summed E-state index contributed by atoms with van der Waals surface area (Å²) in [5.41, 5.74) is 0. The Morgan fingerprint density at radius 2 is 1.87 bits per heavy atom. The van der Waals surface area contributed by atoms with Crippen molar-refractivity contribution in [3.63, 3.8) is 0 Å². The number of carbonyl (C=O) groups is 2. The predicted molar refractivity (Wildman–Crippen MR) is 138 cm³/mol. The number of likely N-dealkylation sites (N-methyl/N-ethyl adjacent to an activating group) is 2. The van der Waals surface area contributed by atoms with Gasteiger partial charge in [-0.05, 0) is 32.9 Å². The lowest BCUT2D eigenvalue weighted by molar-refractivity contribution is 0.00188. The molecule has 0 saturated carbocycles. The van der Waals surface area contributed by atoms with Crippen LogP contribution in [-0.2, 0) is 4.74 Å². The third kappa shape index (κ3) is 7.37. The third-order valence-electron chi connectivity index (χ3n) is 6.57. The molecule has 4 heterocycles. The van der Waals surface area contributed by atoms with Gasteiger partial charge in [0.25, 0.3) is 0 Å². The molecule has 0 unspecified atom stereocenters. The van der Waals surface area contributed by atoms with Crippen LogP contribution in [-0.4, -0.2) is 113 Å². The van der Waals surface area contributed by atoms with Crippen LogP contribution in [0.15, 0.2) is 24.7 Å². The number of piperidine rings is 2. The molecule has 2 fully saturated rings. The van der Waals surface area contributed by atoms with E-state index in [1.807, 2.05) is 18.9 Å². The van der Waals surface area contributed by atoms with Crippen LogP contribution in [0.2, 0.25) is 0 Å². The topological polar surface area (TPSA) is 138 Å². The van der Waals surface area contributed by atoms with Gasteiger partial charge in [0.1, 0.15) is 24.3 Å². The zero-order chi connectivity index (χ0) is 27.9. The first-order valence-corrected chi connectivity index (χ1v) is 12.7. The third-order valence-corrected chi connectivity index (χ3v) is 6.57. The van der Waals surface area contributed by atoms with Gasteiger partial charge in [-0.1, -0.05) is 0 Å². The van der Waals surface area contributed by atoms with Crippen molar-refractivity contribution in [3.8, 4) is 5.88 Å². The average molecular weight is 550 g/mol. The van der Waals surface area contributed by atoms with Crippen molar-refractivity contribution >= 4 is 29.7 Å². The number of carbonyl (C=O) groups excluding carboxylic acids is 2. The minimum absolute atomic E-state index is 0.117. The van der Waals surface area contributed by atoms with Crippen LogP contribution in [0.4, 0.5) is 36.0 Å². The van der Waals surface area contributed by atoms with Gasteiger partial charge in [0.15, 0.2) is 5.82 Å². The van der Waals surface area contributed by atoms with E-state index in [9.17, 15) is 18.4 Å². The van der Waals surface area contributed by atoms with E-state index in [-0.39, 0.29) is 37.0 Å². The van der Waals surface area contributed by atoms with Gasteiger partial charge in [-0.2, -0.15) is 4.98 Å². The molecule has 2 N–H and O–H groups in total. The summed E-state index contributed by atoms with van der Waals surface area (Å²) in [4.78, 5) is 46.8. The van der Waals surface area contributed by atoms with Gasteiger partial charge < -0.3 is 24.2 Å². The van der Waals surface area contributed by atoms with Crippen LogP contribution in [0.5, 0.6) is 5.88 Å². The maximum Gasteiger partial charge on any atom is 0.413 e. The van der Waals surface area contributed by atoms with E-state index in [1.54, 1.807) is 4.90 Å². The van der Waals surface area contributed by atoms with Crippen molar-refractivity contribution in [2.45, 2.75) is 44.3 Å². The number of aromatic nitrogens is 4. The number of hydrogen-bond donors (Lipinski definition) is 2. The summed E-state index contributed by atoms with van der Waals surface area (Å²) in [6.07, 6.45) is 0.415. The SMILES string of the molecule is CCOc1cnc(NC(=O)N(C)[C@H]2CN(c3nccc(NC(=O)O[C@H]4CN(C)CC[C@H]4F)n3)CC[C@H]2F)cn1. The molecule has 212 valence electrons. The van der Waals surface area contributed by atoms with Crippen molar-refractivity contribution in [2.24, 2.45) is 0 Å². The first-order valence-electron chi connectivity index (χ1n) is 12.7. The standard InChI is InChI=1S/C24H33F2N9O4/c1-4-38-21-12-28-20(11-29-21)31-23(36)34(3)17-13-35(10-7-15(17)25)22-27-8-5-19(30-22)32-24(37)39-18-14-33(2)9-6-16(18)26/h5,8,11-12,15-18H,4,6-7,9-10,13-14H2,1-3H3,(H,28,31,36)(H,27,30,32,37)/t15-,16-,17+,18+/m1/s1. The molecular weight excluding hydrogens is 516 g/mol. The molecule has 0 aliphatic carbocycles. The lowest BCUT2D eigenvalue weighted by atomic mass is 10.0. The van der Waals surface area contributed by atoms with Crippen molar-refractivity contribution in [2.75, 3.05) is 62.4 Å². The van der Waals surface area contributed by atoms with Gasteiger partial charge in [-0.3, -0.25) is 10.6 Å². The number of anilines is 3. The van der Waals surface area contributed by atoms with E-state index in [0.717, 1.165) is 0 Å². The first-order chi connectivity index (χ1) is 18.7. The summed E-state index contributed by atoms with van der Waals surface area (Å²) in [7, 11) is 3.33. The van der Waals surface area contributed by atoms with Gasteiger partial charge in [-0.25, -0.2) is 33.3 Å². The second kappa shape index (κ2) is 12.8. The number of hydrogen-bond acceptors (Lipinski definition) is 10. The van der Waals surface area contributed by atoms with E-state index in [0.29, 0.717) is 32.1 Å². The summed E-state index contributed by atoms with van der Waals surface area (Å²) < 4.78 is 39.6. The summed E-state index contributed by atoms with van der Waals surface area (Å²) in [5, 5.41) is 5.11. The van der Waals surface area contributed by atoms with Crippen LogP contribution in [0.25, 0.3) is 0 Å². The fourth-order valence-corrected chi connectivity index (χ4v) is 4.40. The summed E-state index contributed by atoms with van der Waals surface area (Å²) in [5.74, 6) is 0.931. The maximum atomic E-state index is 14.9. The highest BCUT2D eigenvalue weighted by molar-refractivity contribution is 5.88. The highest BCUT2D eigenvalue weighted by atomic mass is 19.1. The molecule has 3 amide bonds. The Morgan fingerprint density at radius 1 is 1.08 bits per heavy atom. The molecule has 2 saturated heterocycles. The Hall–Kier alpha value is -3.88. The number of rotatable bonds is 7. The van der Waals surface area contributed by atoms with E-state index >= 15 is 0 Å². The number of halogens is 2. The minimum Gasteiger partial charge on any atom is -0.477 e. The summed E-state index contributed by atoms with van der Waals surface area (Å²) >= 11 is 0. The summed E-state index contributed by atoms with van der Waals surface area (Å²) in [6, 6.07) is 0.118. The molecule has 0 bridgehead atoms. The zero-order valence-electron chi connectivity index (χ0n) is 22.1. The van der Waals surface area contributed by atoms with Crippen LogP contribution < -0.4 is 20.3 Å².